The van der Waals surface area contributed by atoms with Crippen LogP contribution in [0.2, 0.25) is 0 Å². The molecule has 3 atom stereocenters. The van der Waals surface area contributed by atoms with Gasteiger partial charge in [0.25, 0.3) is 0 Å². The van der Waals surface area contributed by atoms with Gasteiger partial charge in [-0.3, -0.25) is 4.79 Å². The summed E-state index contributed by atoms with van der Waals surface area (Å²) in [5, 5.41) is 0. The first-order valence-electron chi connectivity index (χ1n) is 8.21. The zero-order valence-corrected chi connectivity index (χ0v) is 12.5. The summed E-state index contributed by atoms with van der Waals surface area (Å²) in [6.45, 7) is 6.41. The van der Waals surface area contributed by atoms with Crippen LogP contribution < -0.4 is 0 Å². The van der Waals surface area contributed by atoms with Gasteiger partial charge < -0.3 is 0 Å². The van der Waals surface area contributed by atoms with Gasteiger partial charge in [0.2, 0.25) is 0 Å². The zero-order valence-electron chi connectivity index (χ0n) is 12.5. The summed E-state index contributed by atoms with van der Waals surface area (Å²) in [5.74, 6) is 1.81. The topological polar surface area (TPSA) is 17.1 Å². The lowest BCUT2D eigenvalue weighted by molar-refractivity contribution is -0.127. The highest BCUT2D eigenvalue weighted by molar-refractivity contribution is 5.87. The minimum absolute atomic E-state index is 0.0372. The Labute approximate surface area is 121 Å². The first-order chi connectivity index (χ1) is 9.59. The molecule has 1 nitrogen and oxygen atoms in total. The molecule has 0 aromatic rings. The molecule has 0 amide bonds. The number of hydrogen-bond acceptors (Lipinski definition) is 1. The van der Waals surface area contributed by atoms with E-state index in [-0.39, 0.29) is 5.41 Å². The normalized spacial score (nSPS) is 40.1. The molecular weight excluding hydrogens is 244 g/mol. The zero-order chi connectivity index (χ0) is 13.9. The van der Waals surface area contributed by atoms with Gasteiger partial charge in [0.05, 0.1) is 0 Å². The van der Waals surface area contributed by atoms with Crippen LogP contribution >= 0.6 is 0 Å². The average Bonchev–Trinajstić information content (AvgIpc) is 2.74. The van der Waals surface area contributed by atoms with Crippen molar-refractivity contribution in [3.05, 3.63) is 34.9 Å². The highest BCUT2D eigenvalue weighted by Crippen LogP contribution is 2.57. The lowest BCUT2D eigenvalue weighted by Crippen LogP contribution is -2.38. The van der Waals surface area contributed by atoms with Crippen molar-refractivity contribution in [2.45, 2.75) is 58.3 Å². The second-order valence-corrected chi connectivity index (χ2v) is 7.50. The van der Waals surface area contributed by atoms with Gasteiger partial charge in [-0.15, -0.1) is 0 Å². The van der Waals surface area contributed by atoms with Crippen LogP contribution in [0.5, 0.6) is 0 Å². The number of carbonyl (C=O) groups excluding carboxylic acids is 1. The van der Waals surface area contributed by atoms with Gasteiger partial charge >= 0.3 is 0 Å². The Balaban J connectivity index is 1.75. The van der Waals surface area contributed by atoms with Crippen LogP contribution in [0.4, 0.5) is 0 Å². The fourth-order valence-corrected chi connectivity index (χ4v) is 5.29. The van der Waals surface area contributed by atoms with Gasteiger partial charge in [0.15, 0.2) is 0 Å². The highest BCUT2D eigenvalue weighted by Gasteiger charge is 2.52. The summed E-state index contributed by atoms with van der Waals surface area (Å²) in [5.41, 5.74) is 6.34. The number of rotatable bonds is 0. The average molecular weight is 268 g/mol. The molecule has 3 unspecified atom stereocenters. The maximum absolute atomic E-state index is 12.3. The van der Waals surface area contributed by atoms with Crippen LogP contribution in [0.3, 0.4) is 0 Å². The fraction of sp³-hybridized carbons (Fsp3) is 0.632. The number of fused-ring (bicyclic) bond motifs is 4. The molecule has 0 heterocycles. The molecule has 0 aliphatic heterocycles. The first-order valence-corrected chi connectivity index (χ1v) is 8.21. The Kier molecular flexibility index (Phi) is 2.64. The number of hydrogen-bond donors (Lipinski definition) is 0. The second kappa shape index (κ2) is 4.19. The minimum atomic E-state index is -0.0372. The molecule has 4 rings (SSSR count). The Morgan fingerprint density at radius 2 is 2.05 bits per heavy atom. The van der Waals surface area contributed by atoms with Gasteiger partial charge in [0, 0.05) is 11.8 Å². The summed E-state index contributed by atoms with van der Waals surface area (Å²) in [7, 11) is 0. The van der Waals surface area contributed by atoms with E-state index in [1.807, 2.05) is 0 Å². The van der Waals surface area contributed by atoms with Gasteiger partial charge in [-0.2, -0.15) is 0 Å². The number of carbonyl (C=O) groups is 1. The molecule has 4 aliphatic carbocycles. The molecule has 0 aromatic carbocycles. The van der Waals surface area contributed by atoms with Crippen LogP contribution in [0.15, 0.2) is 34.9 Å². The third-order valence-corrected chi connectivity index (χ3v) is 6.49. The SMILES string of the molecule is C=C1CCC2=C(CCC3C2=CCC2(C)C(=O)CCC32)C1. The predicted molar refractivity (Wildman–Crippen MR) is 81.3 cm³/mol. The van der Waals surface area contributed by atoms with Crippen LogP contribution in [0, 0.1) is 17.3 Å². The molecule has 0 aromatic heterocycles. The van der Waals surface area contributed by atoms with E-state index in [1.165, 1.54) is 31.3 Å². The third kappa shape index (κ3) is 1.58. The van der Waals surface area contributed by atoms with E-state index in [9.17, 15) is 4.79 Å². The smallest absolute Gasteiger partial charge is 0.139 e. The largest absolute Gasteiger partial charge is 0.299 e. The van der Waals surface area contributed by atoms with Crippen LogP contribution in [-0.4, -0.2) is 5.78 Å². The van der Waals surface area contributed by atoms with Crippen molar-refractivity contribution in [2.75, 3.05) is 0 Å². The molecule has 0 saturated heterocycles. The summed E-state index contributed by atoms with van der Waals surface area (Å²) >= 11 is 0. The van der Waals surface area contributed by atoms with E-state index >= 15 is 0 Å². The Morgan fingerprint density at radius 3 is 2.90 bits per heavy atom. The molecule has 0 spiro atoms. The van der Waals surface area contributed by atoms with Crippen molar-refractivity contribution in [1.29, 1.82) is 0 Å². The molecule has 0 bridgehead atoms. The van der Waals surface area contributed by atoms with Crippen LogP contribution in [0.25, 0.3) is 0 Å². The maximum atomic E-state index is 12.3. The standard InChI is InChI=1S/C19H24O/c1-12-3-5-14-13(11-12)4-6-16-15(14)9-10-19(2)17(16)7-8-18(19)20/h9,16-17H,1,3-8,10-11H2,2H3. The monoisotopic (exact) mass is 268 g/mol. The summed E-state index contributed by atoms with van der Waals surface area (Å²) in [6.07, 6.45) is 11.4. The van der Waals surface area contributed by atoms with Gasteiger partial charge in [-0.05, 0) is 67.9 Å². The van der Waals surface area contributed by atoms with Gasteiger partial charge in [-0.1, -0.05) is 30.7 Å². The lowest BCUT2D eigenvalue weighted by atomic mass is 9.59. The Hall–Kier alpha value is -1.11. The van der Waals surface area contributed by atoms with E-state index in [2.05, 4.69) is 19.6 Å². The van der Waals surface area contributed by atoms with Crippen molar-refractivity contribution in [1.82, 2.24) is 0 Å². The summed E-state index contributed by atoms with van der Waals surface area (Å²) in [6, 6.07) is 0. The second-order valence-electron chi connectivity index (χ2n) is 7.50. The van der Waals surface area contributed by atoms with Crippen molar-refractivity contribution < 1.29 is 4.79 Å². The third-order valence-electron chi connectivity index (χ3n) is 6.49. The van der Waals surface area contributed by atoms with Gasteiger partial charge in [0.1, 0.15) is 5.78 Å². The quantitative estimate of drug-likeness (QED) is 0.579. The molecule has 1 fully saturated rings. The number of allylic oxidation sites excluding steroid dienone is 5. The van der Waals surface area contributed by atoms with Crippen LogP contribution in [0.1, 0.15) is 58.3 Å². The van der Waals surface area contributed by atoms with E-state index in [0.29, 0.717) is 17.6 Å². The fourth-order valence-electron chi connectivity index (χ4n) is 5.29. The van der Waals surface area contributed by atoms with Crippen molar-refractivity contribution >= 4 is 5.78 Å². The van der Waals surface area contributed by atoms with Gasteiger partial charge in [-0.25, -0.2) is 0 Å². The van der Waals surface area contributed by atoms with E-state index in [1.54, 1.807) is 16.7 Å². The van der Waals surface area contributed by atoms with Crippen LogP contribution in [-0.2, 0) is 4.79 Å². The van der Waals surface area contributed by atoms with Crippen molar-refractivity contribution in [3.63, 3.8) is 0 Å². The van der Waals surface area contributed by atoms with E-state index < -0.39 is 0 Å². The molecule has 4 aliphatic rings. The summed E-state index contributed by atoms with van der Waals surface area (Å²) < 4.78 is 0. The van der Waals surface area contributed by atoms with Crippen molar-refractivity contribution in [3.8, 4) is 0 Å². The number of ketones is 1. The minimum Gasteiger partial charge on any atom is -0.299 e. The summed E-state index contributed by atoms with van der Waals surface area (Å²) in [4.78, 5) is 12.3. The van der Waals surface area contributed by atoms with Crippen molar-refractivity contribution in [2.24, 2.45) is 17.3 Å². The molecule has 20 heavy (non-hydrogen) atoms. The molecule has 1 heteroatoms. The number of Topliss-reactive ketones (excluding diaryl/α,β-unsaturated/α-hetero) is 1. The molecule has 106 valence electrons. The van der Waals surface area contributed by atoms with E-state index in [0.717, 1.165) is 25.7 Å². The highest BCUT2D eigenvalue weighted by atomic mass is 16.1. The van der Waals surface area contributed by atoms with E-state index in [4.69, 9.17) is 0 Å². The Bertz CT molecular complexity index is 562. The molecule has 1 saturated carbocycles. The molecular formula is C19H24O. The predicted octanol–water partition coefficient (Wildman–Crippen LogP) is 4.75. The Morgan fingerprint density at radius 1 is 1.20 bits per heavy atom. The maximum Gasteiger partial charge on any atom is 0.139 e. The molecule has 0 N–H and O–H groups in total. The lowest BCUT2D eigenvalue weighted by Gasteiger charge is -2.45. The first kappa shape index (κ1) is 12.6. The molecule has 0 radical (unpaired) electrons.